The Balaban J connectivity index is 2.72. The van der Waals surface area contributed by atoms with Crippen molar-refractivity contribution in [3.63, 3.8) is 0 Å². The molecule has 1 N–H and O–H groups in total. The molecule has 4 nitrogen and oxygen atoms in total. The SMILES string of the molecule is COc1cccnc1C(=O)NCC(C)C. The topological polar surface area (TPSA) is 51.2 Å². The zero-order valence-electron chi connectivity index (χ0n) is 9.28. The van der Waals surface area contributed by atoms with Gasteiger partial charge in [-0.1, -0.05) is 13.8 Å². The molecule has 0 aliphatic rings. The number of carbonyl (C=O) groups excluding carboxylic acids is 1. The molecule has 82 valence electrons. The molecule has 1 heterocycles. The minimum atomic E-state index is -0.193. The van der Waals surface area contributed by atoms with Gasteiger partial charge in [-0.3, -0.25) is 4.79 Å². The zero-order valence-corrected chi connectivity index (χ0v) is 9.28. The minimum Gasteiger partial charge on any atom is -0.494 e. The van der Waals surface area contributed by atoms with Gasteiger partial charge in [-0.15, -0.1) is 0 Å². The summed E-state index contributed by atoms with van der Waals surface area (Å²) in [5.41, 5.74) is 0.334. The second-order valence-electron chi connectivity index (χ2n) is 3.66. The van der Waals surface area contributed by atoms with Gasteiger partial charge in [0.15, 0.2) is 5.69 Å². The van der Waals surface area contributed by atoms with Crippen molar-refractivity contribution in [1.29, 1.82) is 0 Å². The number of nitrogens with one attached hydrogen (secondary N) is 1. The molecule has 0 aromatic carbocycles. The van der Waals surface area contributed by atoms with Crippen molar-refractivity contribution < 1.29 is 9.53 Å². The second kappa shape index (κ2) is 5.34. The van der Waals surface area contributed by atoms with E-state index in [-0.39, 0.29) is 5.91 Å². The summed E-state index contributed by atoms with van der Waals surface area (Å²) in [6.45, 7) is 4.71. The molecule has 0 atom stereocenters. The average Bonchev–Trinajstić information content (AvgIpc) is 2.25. The molecule has 0 radical (unpaired) electrons. The van der Waals surface area contributed by atoms with Crippen molar-refractivity contribution in [2.75, 3.05) is 13.7 Å². The van der Waals surface area contributed by atoms with Crippen LogP contribution < -0.4 is 10.1 Å². The second-order valence-corrected chi connectivity index (χ2v) is 3.66. The van der Waals surface area contributed by atoms with Gasteiger partial charge < -0.3 is 10.1 Å². The molecule has 0 unspecified atom stereocenters. The number of rotatable bonds is 4. The predicted octanol–water partition coefficient (Wildman–Crippen LogP) is 1.48. The molecule has 0 aliphatic carbocycles. The largest absolute Gasteiger partial charge is 0.494 e. The van der Waals surface area contributed by atoms with Crippen LogP contribution in [0.5, 0.6) is 5.75 Å². The Labute approximate surface area is 89.7 Å². The molecule has 0 saturated carbocycles. The number of ether oxygens (including phenoxy) is 1. The van der Waals surface area contributed by atoms with Crippen LogP contribution in [0.15, 0.2) is 18.3 Å². The first-order valence-electron chi connectivity index (χ1n) is 4.92. The van der Waals surface area contributed by atoms with E-state index >= 15 is 0 Å². The number of pyridine rings is 1. The molecule has 1 aromatic heterocycles. The summed E-state index contributed by atoms with van der Waals surface area (Å²) in [5, 5.41) is 2.79. The lowest BCUT2D eigenvalue weighted by molar-refractivity contribution is 0.0940. The van der Waals surface area contributed by atoms with Crippen LogP contribution in [0.3, 0.4) is 0 Å². The van der Waals surface area contributed by atoms with Gasteiger partial charge in [0.25, 0.3) is 5.91 Å². The van der Waals surface area contributed by atoms with Crippen LogP contribution in [-0.4, -0.2) is 24.5 Å². The summed E-state index contributed by atoms with van der Waals surface area (Å²) in [7, 11) is 1.52. The lowest BCUT2D eigenvalue weighted by Crippen LogP contribution is -2.28. The Hall–Kier alpha value is -1.58. The van der Waals surface area contributed by atoms with Crippen LogP contribution in [0, 0.1) is 5.92 Å². The van der Waals surface area contributed by atoms with Crippen LogP contribution in [0.4, 0.5) is 0 Å². The van der Waals surface area contributed by atoms with Gasteiger partial charge in [-0.05, 0) is 18.1 Å². The van der Waals surface area contributed by atoms with Gasteiger partial charge >= 0.3 is 0 Å². The summed E-state index contributed by atoms with van der Waals surface area (Å²) < 4.78 is 5.05. The molecular formula is C11H16N2O2. The van der Waals surface area contributed by atoms with Crippen molar-refractivity contribution in [1.82, 2.24) is 10.3 Å². The molecule has 1 amide bonds. The maximum absolute atomic E-state index is 11.7. The fourth-order valence-electron chi connectivity index (χ4n) is 1.11. The van der Waals surface area contributed by atoms with Crippen LogP contribution >= 0.6 is 0 Å². The highest BCUT2D eigenvalue weighted by molar-refractivity contribution is 5.94. The molecule has 15 heavy (non-hydrogen) atoms. The molecule has 4 heteroatoms. The third kappa shape index (κ3) is 3.23. The number of hydrogen-bond acceptors (Lipinski definition) is 3. The van der Waals surface area contributed by atoms with Gasteiger partial charge in [0, 0.05) is 12.7 Å². The summed E-state index contributed by atoms with van der Waals surface area (Å²) in [4.78, 5) is 15.7. The Morgan fingerprint density at radius 2 is 2.33 bits per heavy atom. The third-order valence-corrected chi connectivity index (χ3v) is 1.88. The highest BCUT2D eigenvalue weighted by atomic mass is 16.5. The van der Waals surface area contributed by atoms with Crippen molar-refractivity contribution in [3.05, 3.63) is 24.0 Å². The fraction of sp³-hybridized carbons (Fsp3) is 0.455. The van der Waals surface area contributed by atoms with Crippen LogP contribution in [0.25, 0.3) is 0 Å². The minimum absolute atomic E-state index is 0.193. The average molecular weight is 208 g/mol. The lowest BCUT2D eigenvalue weighted by Gasteiger charge is -2.09. The summed E-state index contributed by atoms with van der Waals surface area (Å²) in [6, 6.07) is 3.45. The van der Waals surface area contributed by atoms with Gasteiger partial charge in [-0.2, -0.15) is 0 Å². The normalized spacial score (nSPS) is 10.1. The Bertz CT molecular complexity index is 337. The van der Waals surface area contributed by atoms with Crippen molar-refractivity contribution >= 4 is 5.91 Å². The molecule has 0 aliphatic heterocycles. The van der Waals surface area contributed by atoms with E-state index in [1.54, 1.807) is 18.3 Å². The summed E-state index contributed by atoms with van der Waals surface area (Å²) >= 11 is 0. The Morgan fingerprint density at radius 1 is 1.60 bits per heavy atom. The maximum atomic E-state index is 11.7. The lowest BCUT2D eigenvalue weighted by atomic mass is 10.2. The quantitative estimate of drug-likeness (QED) is 0.815. The third-order valence-electron chi connectivity index (χ3n) is 1.88. The molecule has 0 spiro atoms. The van der Waals surface area contributed by atoms with E-state index in [1.165, 1.54) is 7.11 Å². The fourth-order valence-corrected chi connectivity index (χ4v) is 1.11. The van der Waals surface area contributed by atoms with Crippen LogP contribution in [0.2, 0.25) is 0 Å². The molecule has 0 fully saturated rings. The predicted molar refractivity (Wildman–Crippen MR) is 58.0 cm³/mol. The van der Waals surface area contributed by atoms with Gasteiger partial charge in [0.1, 0.15) is 5.75 Å². The maximum Gasteiger partial charge on any atom is 0.273 e. The smallest absolute Gasteiger partial charge is 0.273 e. The van der Waals surface area contributed by atoms with Crippen molar-refractivity contribution in [3.8, 4) is 5.75 Å². The number of aromatic nitrogens is 1. The molecule has 0 bridgehead atoms. The van der Waals surface area contributed by atoms with Crippen molar-refractivity contribution in [2.45, 2.75) is 13.8 Å². The van der Waals surface area contributed by atoms with E-state index < -0.39 is 0 Å². The Kier molecular flexibility index (Phi) is 4.09. The van der Waals surface area contributed by atoms with E-state index in [2.05, 4.69) is 10.3 Å². The summed E-state index contributed by atoms with van der Waals surface area (Å²) in [5.74, 6) is 0.726. The van der Waals surface area contributed by atoms with Crippen LogP contribution in [-0.2, 0) is 0 Å². The number of methoxy groups -OCH3 is 1. The van der Waals surface area contributed by atoms with E-state index in [4.69, 9.17) is 4.74 Å². The van der Waals surface area contributed by atoms with E-state index in [1.807, 2.05) is 13.8 Å². The highest BCUT2D eigenvalue weighted by Gasteiger charge is 2.12. The van der Waals surface area contributed by atoms with E-state index in [0.717, 1.165) is 0 Å². The summed E-state index contributed by atoms with van der Waals surface area (Å²) in [6.07, 6.45) is 1.58. The Morgan fingerprint density at radius 3 is 2.93 bits per heavy atom. The van der Waals surface area contributed by atoms with Gasteiger partial charge in [0.2, 0.25) is 0 Å². The standard InChI is InChI=1S/C11H16N2O2/c1-8(2)7-13-11(14)10-9(15-3)5-4-6-12-10/h4-6,8H,7H2,1-3H3,(H,13,14). The number of carbonyl (C=O) groups is 1. The van der Waals surface area contributed by atoms with Gasteiger partial charge in [0.05, 0.1) is 7.11 Å². The number of amides is 1. The van der Waals surface area contributed by atoms with Crippen LogP contribution in [0.1, 0.15) is 24.3 Å². The first-order chi connectivity index (χ1) is 7.15. The van der Waals surface area contributed by atoms with Gasteiger partial charge in [-0.25, -0.2) is 4.98 Å². The first-order valence-corrected chi connectivity index (χ1v) is 4.92. The zero-order chi connectivity index (χ0) is 11.3. The van der Waals surface area contributed by atoms with E-state index in [9.17, 15) is 4.79 Å². The van der Waals surface area contributed by atoms with E-state index in [0.29, 0.717) is 23.9 Å². The first kappa shape index (κ1) is 11.5. The van der Waals surface area contributed by atoms with Crippen molar-refractivity contribution in [2.24, 2.45) is 5.92 Å². The monoisotopic (exact) mass is 208 g/mol. The molecule has 1 rings (SSSR count). The highest BCUT2D eigenvalue weighted by Crippen LogP contribution is 2.13. The molecule has 0 saturated heterocycles. The molecule has 1 aromatic rings. The molecular weight excluding hydrogens is 192 g/mol. The number of nitrogens with zero attached hydrogens (tertiary/aromatic N) is 1. The number of hydrogen-bond donors (Lipinski definition) is 1.